The van der Waals surface area contributed by atoms with Crippen molar-refractivity contribution in [3.05, 3.63) is 60.7 Å². The van der Waals surface area contributed by atoms with E-state index in [1.165, 1.54) is 4.31 Å². The third-order valence-corrected chi connectivity index (χ3v) is 8.83. The molecular formula is C23H22N2O5S. The zero-order valence-corrected chi connectivity index (χ0v) is 18.0. The van der Waals surface area contributed by atoms with Gasteiger partial charge in [0.05, 0.1) is 19.9 Å². The van der Waals surface area contributed by atoms with E-state index in [-0.39, 0.29) is 5.92 Å². The summed E-state index contributed by atoms with van der Waals surface area (Å²) in [6.45, 7) is 0.297. The lowest BCUT2D eigenvalue weighted by Gasteiger charge is -2.23. The number of rotatable bonds is 5. The van der Waals surface area contributed by atoms with Crippen LogP contribution >= 0.6 is 0 Å². The van der Waals surface area contributed by atoms with E-state index < -0.39 is 20.7 Å². The third kappa shape index (κ3) is 2.78. The molecule has 31 heavy (non-hydrogen) atoms. The van der Waals surface area contributed by atoms with Gasteiger partial charge < -0.3 is 14.8 Å². The maximum Gasteiger partial charge on any atom is 0.250 e. The minimum atomic E-state index is -3.86. The first-order valence-corrected chi connectivity index (χ1v) is 11.4. The Morgan fingerprint density at radius 2 is 1.71 bits per heavy atom. The fourth-order valence-corrected chi connectivity index (χ4v) is 6.87. The molecule has 7 nitrogen and oxygen atoms in total. The van der Waals surface area contributed by atoms with Crippen LogP contribution in [0, 0.1) is 5.92 Å². The van der Waals surface area contributed by atoms with Crippen molar-refractivity contribution < 1.29 is 22.7 Å². The van der Waals surface area contributed by atoms with Gasteiger partial charge in [-0.25, -0.2) is 8.42 Å². The van der Waals surface area contributed by atoms with E-state index in [1.54, 1.807) is 50.6 Å². The van der Waals surface area contributed by atoms with Gasteiger partial charge in [0, 0.05) is 28.9 Å². The standard InChI is InChI=1S/C23H22N2O5S/c1-29-17-9-7-16(8-10-17)25-14-15-13-23(15,31(25,27)28)22(26)24-20-11-12-21(30-2)19-6-4-3-5-18(19)20/h3-12,15H,13-14H2,1-2H3,(H,24,26)/t15-,23+/m0/s1. The molecule has 2 aliphatic rings. The number of fused-ring (bicyclic) bond motifs is 2. The minimum absolute atomic E-state index is 0.232. The third-order valence-electron chi connectivity index (χ3n) is 6.28. The average molecular weight is 439 g/mol. The molecule has 1 saturated heterocycles. The highest BCUT2D eigenvalue weighted by molar-refractivity contribution is 7.95. The number of hydrogen-bond acceptors (Lipinski definition) is 5. The number of anilines is 2. The van der Waals surface area contributed by atoms with Gasteiger partial charge >= 0.3 is 0 Å². The number of amides is 1. The van der Waals surface area contributed by atoms with Gasteiger partial charge in [-0.3, -0.25) is 9.10 Å². The van der Waals surface area contributed by atoms with Gasteiger partial charge in [0.15, 0.2) is 4.75 Å². The summed E-state index contributed by atoms with van der Waals surface area (Å²) in [4.78, 5) is 13.3. The van der Waals surface area contributed by atoms with Crippen LogP contribution in [-0.4, -0.2) is 39.8 Å². The van der Waals surface area contributed by atoms with E-state index in [4.69, 9.17) is 9.47 Å². The van der Waals surface area contributed by atoms with Gasteiger partial charge in [-0.05, 0) is 42.8 Å². The molecule has 5 rings (SSSR count). The smallest absolute Gasteiger partial charge is 0.250 e. The highest BCUT2D eigenvalue weighted by atomic mass is 32.2. The number of sulfonamides is 1. The van der Waals surface area contributed by atoms with Crippen LogP contribution in [0.1, 0.15) is 6.42 Å². The molecular weight excluding hydrogens is 416 g/mol. The maximum absolute atomic E-state index is 13.4. The molecule has 0 spiro atoms. The molecule has 1 amide bonds. The molecule has 0 unspecified atom stereocenters. The topological polar surface area (TPSA) is 84.9 Å². The molecule has 2 fully saturated rings. The fourth-order valence-electron chi connectivity index (χ4n) is 4.50. The number of carbonyl (C=O) groups excluding carboxylic acids is 1. The van der Waals surface area contributed by atoms with E-state index in [1.807, 2.05) is 24.3 Å². The summed E-state index contributed by atoms with van der Waals surface area (Å²) < 4.78 is 37.3. The number of hydrogen-bond donors (Lipinski definition) is 1. The molecule has 1 aliphatic carbocycles. The van der Waals surface area contributed by atoms with Gasteiger partial charge in [0.1, 0.15) is 11.5 Å². The Balaban J connectivity index is 1.46. The van der Waals surface area contributed by atoms with Crippen molar-refractivity contribution in [3.63, 3.8) is 0 Å². The summed E-state index contributed by atoms with van der Waals surface area (Å²) in [6, 6.07) is 17.9. The van der Waals surface area contributed by atoms with Crippen molar-refractivity contribution in [1.82, 2.24) is 0 Å². The number of ether oxygens (including phenoxy) is 2. The van der Waals surface area contributed by atoms with Crippen molar-refractivity contribution in [1.29, 1.82) is 0 Å². The Kier molecular flexibility index (Phi) is 4.37. The van der Waals surface area contributed by atoms with Crippen LogP contribution in [0.15, 0.2) is 60.7 Å². The van der Waals surface area contributed by atoms with Gasteiger partial charge in [0.25, 0.3) is 0 Å². The number of nitrogens with one attached hydrogen (secondary N) is 1. The molecule has 0 radical (unpaired) electrons. The number of benzene rings is 3. The normalized spacial score (nSPS) is 23.3. The second kappa shape index (κ2) is 6.88. The van der Waals surface area contributed by atoms with Crippen LogP contribution < -0.4 is 19.1 Å². The summed E-state index contributed by atoms with van der Waals surface area (Å²) >= 11 is 0. The van der Waals surface area contributed by atoms with Gasteiger partial charge in [-0.15, -0.1) is 0 Å². The summed E-state index contributed by atoms with van der Waals surface area (Å²) in [6.07, 6.45) is 0.335. The van der Waals surface area contributed by atoms with E-state index >= 15 is 0 Å². The van der Waals surface area contributed by atoms with Gasteiger partial charge in [-0.1, -0.05) is 24.3 Å². The molecule has 3 aromatic carbocycles. The molecule has 1 saturated carbocycles. The predicted molar refractivity (Wildman–Crippen MR) is 119 cm³/mol. The van der Waals surface area contributed by atoms with E-state index in [2.05, 4.69) is 5.32 Å². The van der Waals surface area contributed by atoms with Gasteiger partial charge in [0.2, 0.25) is 15.9 Å². The average Bonchev–Trinajstić information content (AvgIpc) is 3.49. The minimum Gasteiger partial charge on any atom is -0.497 e. The first kappa shape index (κ1) is 19.7. The van der Waals surface area contributed by atoms with Gasteiger partial charge in [-0.2, -0.15) is 0 Å². The second-order valence-electron chi connectivity index (χ2n) is 7.84. The lowest BCUT2D eigenvalue weighted by Crippen LogP contribution is -2.42. The molecule has 3 aromatic rings. The highest BCUT2D eigenvalue weighted by Gasteiger charge is 2.75. The van der Waals surface area contributed by atoms with Crippen LogP contribution in [-0.2, 0) is 14.8 Å². The Bertz CT molecular complexity index is 1290. The Labute approximate surface area is 180 Å². The number of methoxy groups -OCH3 is 2. The molecule has 1 N–H and O–H groups in total. The van der Waals surface area contributed by atoms with Crippen molar-refractivity contribution in [3.8, 4) is 11.5 Å². The molecule has 8 heteroatoms. The lowest BCUT2D eigenvalue weighted by atomic mass is 10.1. The van der Waals surface area contributed by atoms with Crippen molar-refractivity contribution in [2.45, 2.75) is 11.2 Å². The van der Waals surface area contributed by atoms with E-state index in [0.29, 0.717) is 35.8 Å². The zero-order valence-electron chi connectivity index (χ0n) is 17.2. The quantitative estimate of drug-likeness (QED) is 0.660. The second-order valence-corrected chi connectivity index (χ2v) is 9.96. The number of nitrogens with zero attached hydrogens (tertiary/aromatic N) is 1. The Hall–Kier alpha value is -3.26. The van der Waals surface area contributed by atoms with Crippen LogP contribution in [0.3, 0.4) is 0 Å². The molecule has 2 atom stereocenters. The first-order chi connectivity index (χ1) is 14.9. The van der Waals surface area contributed by atoms with Crippen LogP contribution in [0.2, 0.25) is 0 Å². The molecule has 160 valence electrons. The molecule has 0 aromatic heterocycles. The van der Waals surface area contributed by atoms with Crippen LogP contribution in [0.4, 0.5) is 11.4 Å². The van der Waals surface area contributed by atoms with Crippen LogP contribution in [0.25, 0.3) is 10.8 Å². The molecule has 1 aliphatic heterocycles. The van der Waals surface area contributed by atoms with Crippen LogP contribution in [0.5, 0.6) is 11.5 Å². The van der Waals surface area contributed by atoms with Crippen molar-refractivity contribution >= 4 is 38.1 Å². The highest BCUT2D eigenvalue weighted by Crippen LogP contribution is 2.58. The fraction of sp³-hybridized carbons (Fsp3) is 0.261. The zero-order chi connectivity index (χ0) is 21.8. The predicted octanol–water partition coefficient (Wildman–Crippen LogP) is 3.40. The summed E-state index contributed by atoms with van der Waals surface area (Å²) in [5.74, 6) is 0.618. The monoisotopic (exact) mass is 438 g/mol. The largest absolute Gasteiger partial charge is 0.497 e. The van der Waals surface area contributed by atoms with E-state index in [0.717, 1.165) is 10.8 Å². The first-order valence-electron chi connectivity index (χ1n) is 9.96. The van der Waals surface area contributed by atoms with E-state index in [9.17, 15) is 13.2 Å². The number of carbonyl (C=O) groups is 1. The lowest BCUT2D eigenvalue weighted by molar-refractivity contribution is -0.116. The Morgan fingerprint density at radius 3 is 2.39 bits per heavy atom. The molecule has 0 bridgehead atoms. The van der Waals surface area contributed by atoms with Crippen molar-refractivity contribution in [2.75, 3.05) is 30.4 Å². The van der Waals surface area contributed by atoms with Crippen molar-refractivity contribution in [2.24, 2.45) is 5.92 Å². The summed E-state index contributed by atoms with van der Waals surface area (Å²) in [7, 11) is -0.711. The molecule has 1 heterocycles. The maximum atomic E-state index is 13.4. The Morgan fingerprint density at radius 1 is 1.00 bits per heavy atom. The SMILES string of the molecule is COc1ccc(N2C[C@@H]3C[C@@]3(C(=O)Nc3ccc(OC)c4ccccc34)S2(=O)=O)cc1. The summed E-state index contributed by atoms with van der Waals surface area (Å²) in [5.41, 5.74) is 1.11. The summed E-state index contributed by atoms with van der Waals surface area (Å²) in [5, 5.41) is 4.53.